The molecule has 1 aromatic carbocycles. The van der Waals surface area contributed by atoms with Gasteiger partial charge in [0, 0.05) is 24.5 Å². The lowest BCUT2D eigenvalue weighted by molar-refractivity contribution is 0.0945. The fourth-order valence-corrected chi connectivity index (χ4v) is 3.27. The maximum absolute atomic E-state index is 12.3. The molecule has 1 saturated heterocycles. The number of aromatic nitrogens is 1. The average Bonchev–Trinajstić information content (AvgIpc) is 3.15. The average molecular weight is 299 g/mol. The summed E-state index contributed by atoms with van der Waals surface area (Å²) in [5.41, 5.74) is 1.84. The number of nitrogens with zero attached hydrogens (tertiary/aromatic N) is 2. The molecule has 0 bridgehead atoms. The van der Waals surface area contributed by atoms with Gasteiger partial charge >= 0.3 is 0 Å². The number of nitrogens with one attached hydrogen (secondary N) is 1. The van der Waals surface area contributed by atoms with Crippen molar-refractivity contribution in [2.24, 2.45) is 7.05 Å². The molecule has 1 aromatic heterocycles. The number of carbonyl (C=O) groups excluding carboxylic acids is 1. The molecular formula is C18H25N3O. The van der Waals surface area contributed by atoms with Crippen molar-refractivity contribution < 1.29 is 4.79 Å². The van der Waals surface area contributed by atoms with Gasteiger partial charge in [0.2, 0.25) is 0 Å². The highest BCUT2D eigenvalue weighted by molar-refractivity contribution is 5.98. The van der Waals surface area contributed by atoms with Crippen molar-refractivity contribution in [2.45, 2.75) is 25.7 Å². The van der Waals surface area contributed by atoms with Crippen molar-refractivity contribution in [1.82, 2.24) is 14.8 Å². The molecular weight excluding hydrogens is 274 g/mol. The summed E-state index contributed by atoms with van der Waals surface area (Å²) in [5, 5.41) is 4.16. The minimum Gasteiger partial charge on any atom is -0.351 e. The van der Waals surface area contributed by atoms with Crippen LogP contribution in [0.1, 0.15) is 36.2 Å². The van der Waals surface area contributed by atoms with E-state index in [1.807, 2.05) is 41.9 Å². The number of rotatable bonds is 6. The number of unbranched alkanes of at least 4 members (excludes halogenated alkanes) is 1. The van der Waals surface area contributed by atoms with Gasteiger partial charge in [-0.25, -0.2) is 0 Å². The quantitative estimate of drug-likeness (QED) is 0.833. The predicted octanol–water partition coefficient (Wildman–Crippen LogP) is 2.78. The SMILES string of the molecule is Cn1c(C(=O)NCCCCN2CCCC2)cc2ccccc21. The predicted molar refractivity (Wildman–Crippen MR) is 90.2 cm³/mol. The molecule has 2 aromatic rings. The Labute approximate surface area is 132 Å². The van der Waals surface area contributed by atoms with Crippen LogP contribution in [0.5, 0.6) is 0 Å². The van der Waals surface area contributed by atoms with Gasteiger partial charge in [-0.3, -0.25) is 4.79 Å². The molecule has 3 rings (SSSR count). The Morgan fingerprint density at radius 1 is 1.18 bits per heavy atom. The third kappa shape index (κ3) is 3.33. The lowest BCUT2D eigenvalue weighted by atomic mass is 10.2. The van der Waals surface area contributed by atoms with Crippen LogP contribution in [0.15, 0.2) is 30.3 Å². The van der Waals surface area contributed by atoms with Crippen LogP contribution in [0.25, 0.3) is 10.9 Å². The number of fused-ring (bicyclic) bond motifs is 1. The van der Waals surface area contributed by atoms with Gasteiger partial charge in [0.15, 0.2) is 0 Å². The molecule has 4 heteroatoms. The monoisotopic (exact) mass is 299 g/mol. The molecule has 22 heavy (non-hydrogen) atoms. The van der Waals surface area contributed by atoms with Crippen LogP contribution >= 0.6 is 0 Å². The minimum atomic E-state index is 0.0277. The summed E-state index contributed by atoms with van der Waals surface area (Å²) >= 11 is 0. The van der Waals surface area contributed by atoms with Crippen LogP contribution in [0, 0.1) is 0 Å². The van der Waals surface area contributed by atoms with Gasteiger partial charge in [-0.15, -0.1) is 0 Å². The molecule has 118 valence electrons. The second-order valence-corrected chi connectivity index (χ2v) is 6.16. The molecule has 1 amide bonds. The Kier molecular flexibility index (Phi) is 4.78. The van der Waals surface area contributed by atoms with Crippen molar-refractivity contribution in [2.75, 3.05) is 26.2 Å². The van der Waals surface area contributed by atoms with E-state index in [4.69, 9.17) is 0 Å². The number of benzene rings is 1. The third-order valence-corrected chi connectivity index (χ3v) is 4.57. The normalized spacial score (nSPS) is 15.5. The molecule has 1 fully saturated rings. The maximum Gasteiger partial charge on any atom is 0.267 e. The summed E-state index contributed by atoms with van der Waals surface area (Å²) < 4.78 is 1.97. The van der Waals surface area contributed by atoms with Crippen LogP contribution in [-0.2, 0) is 7.05 Å². The highest BCUT2D eigenvalue weighted by Crippen LogP contribution is 2.18. The van der Waals surface area contributed by atoms with E-state index in [9.17, 15) is 4.79 Å². The molecule has 0 radical (unpaired) electrons. The van der Waals surface area contributed by atoms with Crippen molar-refractivity contribution in [3.8, 4) is 0 Å². The molecule has 0 unspecified atom stereocenters. The maximum atomic E-state index is 12.3. The highest BCUT2D eigenvalue weighted by atomic mass is 16.1. The summed E-state index contributed by atoms with van der Waals surface area (Å²) in [6.45, 7) is 4.43. The highest BCUT2D eigenvalue weighted by Gasteiger charge is 2.13. The van der Waals surface area contributed by atoms with E-state index in [1.165, 1.54) is 32.5 Å². The zero-order chi connectivity index (χ0) is 15.4. The first-order valence-electron chi connectivity index (χ1n) is 8.31. The Morgan fingerprint density at radius 2 is 1.95 bits per heavy atom. The van der Waals surface area contributed by atoms with Crippen molar-refractivity contribution >= 4 is 16.8 Å². The number of hydrogen-bond acceptors (Lipinski definition) is 2. The van der Waals surface area contributed by atoms with Gasteiger partial charge < -0.3 is 14.8 Å². The minimum absolute atomic E-state index is 0.0277. The van der Waals surface area contributed by atoms with E-state index in [-0.39, 0.29) is 5.91 Å². The van der Waals surface area contributed by atoms with E-state index in [1.54, 1.807) is 0 Å². The number of amides is 1. The fourth-order valence-electron chi connectivity index (χ4n) is 3.27. The van der Waals surface area contributed by atoms with Crippen LogP contribution in [0.2, 0.25) is 0 Å². The Balaban J connectivity index is 1.47. The van der Waals surface area contributed by atoms with Crippen molar-refractivity contribution in [1.29, 1.82) is 0 Å². The first-order valence-corrected chi connectivity index (χ1v) is 8.31. The molecule has 1 N–H and O–H groups in total. The van der Waals surface area contributed by atoms with Gasteiger partial charge in [0.1, 0.15) is 5.69 Å². The zero-order valence-corrected chi connectivity index (χ0v) is 13.3. The molecule has 1 aliphatic rings. The van der Waals surface area contributed by atoms with Gasteiger partial charge in [-0.1, -0.05) is 18.2 Å². The Bertz CT molecular complexity index is 641. The van der Waals surface area contributed by atoms with E-state index < -0.39 is 0 Å². The summed E-state index contributed by atoms with van der Waals surface area (Å²) in [7, 11) is 1.95. The van der Waals surface area contributed by atoms with Crippen molar-refractivity contribution in [3.63, 3.8) is 0 Å². The van der Waals surface area contributed by atoms with Gasteiger partial charge in [-0.2, -0.15) is 0 Å². The zero-order valence-electron chi connectivity index (χ0n) is 13.3. The number of hydrogen-bond donors (Lipinski definition) is 1. The van der Waals surface area contributed by atoms with Gasteiger partial charge in [0.05, 0.1) is 0 Å². The molecule has 2 heterocycles. The van der Waals surface area contributed by atoms with Gasteiger partial charge in [0.25, 0.3) is 5.91 Å². The Morgan fingerprint density at radius 3 is 2.73 bits per heavy atom. The van der Waals surface area contributed by atoms with E-state index in [0.29, 0.717) is 0 Å². The van der Waals surface area contributed by atoms with E-state index in [2.05, 4.69) is 10.2 Å². The molecule has 1 aliphatic heterocycles. The smallest absolute Gasteiger partial charge is 0.267 e. The number of para-hydroxylation sites is 1. The molecule has 4 nitrogen and oxygen atoms in total. The number of likely N-dealkylation sites (tertiary alicyclic amines) is 1. The van der Waals surface area contributed by atoms with Gasteiger partial charge in [-0.05, 0) is 57.5 Å². The van der Waals surface area contributed by atoms with E-state index in [0.717, 1.165) is 36.0 Å². The van der Waals surface area contributed by atoms with Crippen LogP contribution < -0.4 is 5.32 Å². The lowest BCUT2D eigenvalue weighted by Gasteiger charge is -2.14. The fraction of sp³-hybridized carbons (Fsp3) is 0.500. The number of aryl methyl sites for hydroxylation is 1. The summed E-state index contributed by atoms with van der Waals surface area (Å²) in [6.07, 6.45) is 4.90. The first kappa shape index (κ1) is 15.1. The first-order chi connectivity index (χ1) is 10.8. The molecule has 0 atom stereocenters. The standard InChI is InChI=1S/C18H25N3O/c1-20-16-9-3-2-8-15(16)14-17(20)18(22)19-10-4-5-11-21-12-6-7-13-21/h2-3,8-9,14H,4-7,10-13H2,1H3,(H,19,22). The number of carbonyl (C=O) groups is 1. The molecule has 0 spiro atoms. The van der Waals surface area contributed by atoms with E-state index >= 15 is 0 Å². The molecule has 0 aliphatic carbocycles. The summed E-state index contributed by atoms with van der Waals surface area (Å²) in [5.74, 6) is 0.0277. The molecule has 0 saturated carbocycles. The van der Waals surface area contributed by atoms with Crippen LogP contribution in [0.4, 0.5) is 0 Å². The second-order valence-electron chi connectivity index (χ2n) is 6.16. The second kappa shape index (κ2) is 6.97. The van der Waals surface area contributed by atoms with Crippen LogP contribution in [-0.4, -0.2) is 41.6 Å². The largest absolute Gasteiger partial charge is 0.351 e. The van der Waals surface area contributed by atoms with Crippen molar-refractivity contribution in [3.05, 3.63) is 36.0 Å². The third-order valence-electron chi connectivity index (χ3n) is 4.57. The topological polar surface area (TPSA) is 37.3 Å². The Hall–Kier alpha value is -1.81. The lowest BCUT2D eigenvalue weighted by Crippen LogP contribution is -2.27. The van der Waals surface area contributed by atoms with Crippen LogP contribution in [0.3, 0.4) is 0 Å². The summed E-state index contributed by atoms with van der Waals surface area (Å²) in [4.78, 5) is 14.8. The summed E-state index contributed by atoms with van der Waals surface area (Å²) in [6, 6.07) is 10.1.